The molecule has 2 aromatic heterocycles. The van der Waals surface area contributed by atoms with Crippen molar-refractivity contribution in [2.45, 2.75) is 6.42 Å². The molecular formula is C11H16N6. The van der Waals surface area contributed by atoms with Gasteiger partial charge in [0.1, 0.15) is 17.5 Å². The Balaban J connectivity index is 1.90. The van der Waals surface area contributed by atoms with Crippen molar-refractivity contribution in [2.24, 2.45) is 7.05 Å². The zero-order valence-corrected chi connectivity index (χ0v) is 9.72. The first-order chi connectivity index (χ1) is 8.16. The van der Waals surface area contributed by atoms with Crippen molar-refractivity contribution in [1.29, 1.82) is 0 Å². The van der Waals surface area contributed by atoms with Crippen LogP contribution in [0.5, 0.6) is 0 Å². The number of nitrogens with two attached hydrogens (primary N) is 2. The van der Waals surface area contributed by atoms with Gasteiger partial charge in [0.15, 0.2) is 0 Å². The van der Waals surface area contributed by atoms with E-state index in [0.717, 1.165) is 24.6 Å². The van der Waals surface area contributed by atoms with Gasteiger partial charge in [0.05, 0.1) is 5.69 Å². The van der Waals surface area contributed by atoms with Crippen molar-refractivity contribution in [3.8, 4) is 0 Å². The highest BCUT2D eigenvalue weighted by molar-refractivity contribution is 5.61. The average Bonchev–Trinajstić information content (AvgIpc) is 2.70. The molecule has 5 N–H and O–H groups in total. The van der Waals surface area contributed by atoms with E-state index in [4.69, 9.17) is 11.5 Å². The van der Waals surface area contributed by atoms with Gasteiger partial charge in [-0.3, -0.25) is 0 Å². The van der Waals surface area contributed by atoms with Crippen LogP contribution in [0.2, 0.25) is 0 Å². The standard InChI is InChI=1S/C11H16N6/c1-17-7-6-15-10(17)4-5-14-9-3-2-8(12)11(13)16-9/h2-3,6-7H,4-5,12H2,1H3,(H3,13,14,16). The van der Waals surface area contributed by atoms with Crippen LogP contribution in [0.1, 0.15) is 5.82 Å². The van der Waals surface area contributed by atoms with E-state index >= 15 is 0 Å². The Kier molecular flexibility index (Phi) is 3.13. The molecule has 0 amide bonds. The van der Waals surface area contributed by atoms with Crippen LogP contribution < -0.4 is 16.8 Å². The van der Waals surface area contributed by atoms with Crippen LogP contribution in [0, 0.1) is 0 Å². The SMILES string of the molecule is Cn1ccnc1CCNc1ccc(N)c(N)n1. The molecular weight excluding hydrogens is 216 g/mol. The van der Waals surface area contributed by atoms with E-state index in [1.165, 1.54) is 0 Å². The molecule has 0 aliphatic rings. The molecule has 0 saturated carbocycles. The summed E-state index contributed by atoms with van der Waals surface area (Å²) in [5.74, 6) is 2.11. The van der Waals surface area contributed by atoms with Crippen molar-refractivity contribution in [2.75, 3.05) is 23.3 Å². The van der Waals surface area contributed by atoms with E-state index in [2.05, 4.69) is 15.3 Å². The molecule has 2 aromatic rings. The highest BCUT2D eigenvalue weighted by atomic mass is 15.1. The Labute approximate surface area is 99.7 Å². The maximum atomic E-state index is 5.62. The number of nitrogen functional groups attached to an aromatic ring is 2. The lowest BCUT2D eigenvalue weighted by Gasteiger charge is -2.07. The molecule has 6 nitrogen and oxygen atoms in total. The number of imidazole rings is 1. The van der Waals surface area contributed by atoms with Gasteiger partial charge in [0.2, 0.25) is 0 Å². The van der Waals surface area contributed by atoms with E-state index in [9.17, 15) is 0 Å². The summed E-state index contributed by atoms with van der Waals surface area (Å²) in [5.41, 5.74) is 11.7. The summed E-state index contributed by atoms with van der Waals surface area (Å²) in [6.45, 7) is 0.751. The van der Waals surface area contributed by atoms with E-state index < -0.39 is 0 Å². The summed E-state index contributed by atoms with van der Waals surface area (Å²) >= 11 is 0. The smallest absolute Gasteiger partial charge is 0.149 e. The molecule has 6 heteroatoms. The number of rotatable bonds is 4. The molecule has 0 atom stereocenters. The van der Waals surface area contributed by atoms with Gasteiger partial charge in [-0.05, 0) is 12.1 Å². The largest absolute Gasteiger partial charge is 0.396 e. The summed E-state index contributed by atoms with van der Waals surface area (Å²) in [4.78, 5) is 8.36. The normalized spacial score (nSPS) is 10.4. The number of aryl methyl sites for hydroxylation is 1. The van der Waals surface area contributed by atoms with Gasteiger partial charge in [-0.25, -0.2) is 9.97 Å². The van der Waals surface area contributed by atoms with Gasteiger partial charge in [-0.2, -0.15) is 0 Å². The molecule has 0 aromatic carbocycles. The van der Waals surface area contributed by atoms with Crippen LogP contribution in [0.4, 0.5) is 17.3 Å². The fraction of sp³-hybridized carbons (Fsp3) is 0.273. The minimum Gasteiger partial charge on any atom is -0.396 e. The summed E-state index contributed by atoms with van der Waals surface area (Å²) in [6.07, 6.45) is 4.54. The molecule has 17 heavy (non-hydrogen) atoms. The predicted molar refractivity (Wildman–Crippen MR) is 68.5 cm³/mol. The lowest BCUT2D eigenvalue weighted by molar-refractivity contribution is 0.788. The maximum Gasteiger partial charge on any atom is 0.149 e. The highest BCUT2D eigenvalue weighted by Crippen LogP contribution is 2.14. The first-order valence-electron chi connectivity index (χ1n) is 5.39. The second-order valence-electron chi connectivity index (χ2n) is 3.80. The lowest BCUT2D eigenvalue weighted by atomic mass is 10.3. The number of nitrogens with one attached hydrogen (secondary N) is 1. The second kappa shape index (κ2) is 4.73. The maximum absolute atomic E-state index is 5.62. The number of pyridine rings is 1. The fourth-order valence-electron chi connectivity index (χ4n) is 1.52. The zero-order chi connectivity index (χ0) is 12.3. The molecule has 0 fully saturated rings. The molecule has 0 aliphatic carbocycles. The van der Waals surface area contributed by atoms with Gasteiger partial charge < -0.3 is 21.4 Å². The Bertz CT molecular complexity index is 504. The molecule has 2 rings (SSSR count). The Hall–Kier alpha value is -2.24. The number of hydrogen-bond donors (Lipinski definition) is 3. The molecule has 90 valence electrons. The van der Waals surface area contributed by atoms with Crippen molar-refractivity contribution in [3.63, 3.8) is 0 Å². The molecule has 2 heterocycles. The third-order valence-electron chi connectivity index (χ3n) is 2.53. The van der Waals surface area contributed by atoms with Gasteiger partial charge in [-0.15, -0.1) is 0 Å². The minimum atomic E-state index is 0.354. The number of aromatic nitrogens is 3. The third-order valence-corrected chi connectivity index (χ3v) is 2.53. The minimum absolute atomic E-state index is 0.354. The average molecular weight is 232 g/mol. The molecule has 0 bridgehead atoms. The van der Waals surface area contributed by atoms with Gasteiger partial charge in [-0.1, -0.05) is 0 Å². The monoisotopic (exact) mass is 232 g/mol. The zero-order valence-electron chi connectivity index (χ0n) is 9.72. The molecule has 0 unspecified atom stereocenters. The topological polar surface area (TPSA) is 94.8 Å². The van der Waals surface area contributed by atoms with E-state index in [0.29, 0.717) is 11.5 Å². The first kappa shape index (κ1) is 11.3. The van der Waals surface area contributed by atoms with Crippen LogP contribution in [0.25, 0.3) is 0 Å². The number of nitrogens with zero attached hydrogens (tertiary/aromatic N) is 3. The summed E-state index contributed by atoms with van der Waals surface area (Å²) in [5, 5.41) is 3.18. The van der Waals surface area contributed by atoms with Crippen LogP contribution in [-0.2, 0) is 13.5 Å². The van der Waals surface area contributed by atoms with Gasteiger partial charge in [0.25, 0.3) is 0 Å². The Morgan fingerprint density at radius 1 is 1.35 bits per heavy atom. The summed E-state index contributed by atoms with van der Waals surface area (Å²) in [7, 11) is 1.97. The number of anilines is 3. The predicted octanol–water partition coefficient (Wildman–Crippen LogP) is 0.634. The van der Waals surface area contributed by atoms with Gasteiger partial charge >= 0.3 is 0 Å². The highest BCUT2D eigenvalue weighted by Gasteiger charge is 2.01. The van der Waals surface area contributed by atoms with Crippen LogP contribution >= 0.6 is 0 Å². The summed E-state index contributed by atoms with van der Waals surface area (Å²) < 4.78 is 1.99. The Morgan fingerprint density at radius 2 is 2.18 bits per heavy atom. The van der Waals surface area contributed by atoms with Crippen molar-refractivity contribution in [3.05, 3.63) is 30.4 Å². The molecule has 0 aliphatic heterocycles. The molecule has 0 spiro atoms. The van der Waals surface area contributed by atoms with E-state index in [1.54, 1.807) is 12.3 Å². The van der Waals surface area contributed by atoms with Crippen LogP contribution in [0.3, 0.4) is 0 Å². The first-order valence-corrected chi connectivity index (χ1v) is 5.39. The quantitative estimate of drug-likeness (QED) is 0.719. The summed E-state index contributed by atoms with van der Waals surface area (Å²) in [6, 6.07) is 3.55. The van der Waals surface area contributed by atoms with Crippen molar-refractivity contribution < 1.29 is 0 Å². The Morgan fingerprint density at radius 3 is 2.82 bits per heavy atom. The number of hydrogen-bond acceptors (Lipinski definition) is 5. The van der Waals surface area contributed by atoms with E-state index in [-0.39, 0.29) is 0 Å². The van der Waals surface area contributed by atoms with Crippen molar-refractivity contribution in [1.82, 2.24) is 14.5 Å². The van der Waals surface area contributed by atoms with Crippen LogP contribution in [-0.4, -0.2) is 21.1 Å². The lowest BCUT2D eigenvalue weighted by Crippen LogP contribution is -2.10. The molecule has 0 radical (unpaired) electrons. The van der Waals surface area contributed by atoms with Crippen molar-refractivity contribution >= 4 is 17.3 Å². The third kappa shape index (κ3) is 2.66. The molecule has 0 saturated heterocycles. The van der Waals surface area contributed by atoms with E-state index in [1.807, 2.05) is 23.9 Å². The van der Waals surface area contributed by atoms with Gasteiger partial charge in [0, 0.05) is 32.4 Å². The van der Waals surface area contributed by atoms with Crippen LogP contribution in [0.15, 0.2) is 24.5 Å². The second-order valence-corrected chi connectivity index (χ2v) is 3.80. The fourth-order valence-corrected chi connectivity index (χ4v) is 1.52.